The third-order valence-corrected chi connectivity index (χ3v) is 2.43. The van der Waals surface area contributed by atoms with Crippen LogP contribution in [0.1, 0.15) is 47.0 Å². The standard InChI is InChI=1S/C12H26N2O.ClH/c1-10(13-5)9-14-11(15)7-6-8-12(2,3)4;/h10,13H,6-9H2,1-5H3,(H,14,15);1H. The number of rotatable bonds is 6. The van der Waals surface area contributed by atoms with Gasteiger partial charge in [0.15, 0.2) is 0 Å². The van der Waals surface area contributed by atoms with Gasteiger partial charge < -0.3 is 10.6 Å². The molecule has 3 nitrogen and oxygen atoms in total. The van der Waals surface area contributed by atoms with Crippen LogP contribution >= 0.6 is 12.4 Å². The van der Waals surface area contributed by atoms with Crippen LogP contribution < -0.4 is 10.6 Å². The molecule has 0 saturated heterocycles. The van der Waals surface area contributed by atoms with Crippen LogP contribution in [-0.4, -0.2) is 25.5 Å². The third-order valence-electron chi connectivity index (χ3n) is 2.43. The molecule has 4 heteroatoms. The predicted molar refractivity (Wildman–Crippen MR) is 72.1 cm³/mol. The minimum absolute atomic E-state index is 0. The normalized spacial score (nSPS) is 12.8. The highest BCUT2D eigenvalue weighted by Crippen LogP contribution is 2.21. The van der Waals surface area contributed by atoms with E-state index in [0.29, 0.717) is 24.4 Å². The van der Waals surface area contributed by atoms with E-state index in [1.54, 1.807) is 0 Å². The lowest BCUT2D eigenvalue weighted by molar-refractivity contribution is -0.121. The van der Waals surface area contributed by atoms with Crippen molar-refractivity contribution in [2.45, 2.75) is 53.0 Å². The molecule has 98 valence electrons. The van der Waals surface area contributed by atoms with Crippen molar-refractivity contribution < 1.29 is 4.79 Å². The lowest BCUT2D eigenvalue weighted by Crippen LogP contribution is -2.37. The molecule has 1 amide bonds. The van der Waals surface area contributed by atoms with E-state index in [0.717, 1.165) is 12.8 Å². The zero-order valence-corrected chi connectivity index (χ0v) is 12.0. The van der Waals surface area contributed by atoms with Crippen LogP contribution in [0.5, 0.6) is 0 Å². The van der Waals surface area contributed by atoms with E-state index >= 15 is 0 Å². The zero-order valence-electron chi connectivity index (χ0n) is 11.2. The minimum atomic E-state index is 0. The van der Waals surface area contributed by atoms with Gasteiger partial charge in [0.05, 0.1) is 0 Å². The first kappa shape index (κ1) is 18.1. The molecule has 0 bridgehead atoms. The molecule has 0 saturated carbocycles. The number of nitrogens with one attached hydrogen (secondary N) is 2. The molecule has 0 rings (SSSR count). The molecule has 0 aliphatic heterocycles. The number of likely N-dealkylation sites (N-methyl/N-ethyl adjacent to an activating group) is 1. The Labute approximate surface area is 106 Å². The van der Waals surface area contributed by atoms with Gasteiger partial charge in [0.1, 0.15) is 0 Å². The van der Waals surface area contributed by atoms with Crippen LogP contribution in [0.2, 0.25) is 0 Å². The fraction of sp³-hybridized carbons (Fsp3) is 0.917. The topological polar surface area (TPSA) is 41.1 Å². The number of hydrogen-bond donors (Lipinski definition) is 2. The quantitative estimate of drug-likeness (QED) is 0.760. The molecule has 0 radical (unpaired) electrons. The zero-order chi connectivity index (χ0) is 11.9. The summed E-state index contributed by atoms with van der Waals surface area (Å²) in [6, 6.07) is 0.344. The molecule has 0 aromatic heterocycles. The van der Waals surface area contributed by atoms with Crippen LogP contribution in [0, 0.1) is 5.41 Å². The van der Waals surface area contributed by atoms with Gasteiger partial charge in [-0.15, -0.1) is 12.4 Å². The highest BCUT2D eigenvalue weighted by atomic mass is 35.5. The molecule has 0 spiro atoms. The van der Waals surface area contributed by atoms with Crippen molar-refractivity contribution in [1.29, 1.82) is 0 Å². The van der Waals surface area contributed by atoms with Gasteiger partial charge in [0.25, 0.3) is 0 Å². The van der Waals surface area contributed by atoms with Gasteiger partial charge in [-0.25, -0.2) is 0 Å². The Morgan fingerprint density at radius 1 is 1.31 bits per heavy atom. The summed E-state index contributed by atoms with van der Waals surface area (Å²) in [7, 11) is 1.90. The van der Waals surface area contributed by atoms with Gasteiger partial charge >= 0.3 is 0 Å². The Kier molecular flexibility index (Phi) is 9.98. The monoisotopic (exact) mass is 250 g/mol. The van der Waals surface area contributed by atoms with Gasteiger partial charge in [0.2, 0.25) is 5.91 Å². The molecule has 0 heterocycles. The highest BCUT2D eigenvalue weighted by Gasteiger charge is 2.11. The summed E-state index contributed by atoms with van der Waals surface area (Å²) in [5.74, 6) is 0.168. The van der Waals surface area contributed by atoms with Gasteiger partial charge in [-0.3, -0.25) is 4.79 Å². The Morgan fingerprint density at radius 2 is 1.88 bits per heavy atom. The van der Waals surface area contributed by atoms with Crippen LogP contribution in [0.15, 0.2) is 0 Å². The Balaban J connectivity index is 0. The SMILES string of the molecule is CNC(C)CNC(=O)CCCC(C)(C)C.Cl. The van der Waals surface area contributed by atoms with Gasteiger partial charge in [-0.1, -0.05) is 20.8 Å². The van der Waals surface area contributed by atoms with E-state index in [4.69, 9.17) is 0 Å². The molecule has 0 aromatic carbocycles. The van der Waals surface area contributed by atoms with Crippen molar-refractivity contribution in [1.82, 2.24) is 10.6 Å². The maximum atomic E-state index is 11.4. The molecule has 0 aliphatic rings. The van der Waals surface area contributed by atoms with E-state index in [1.165, 1.54) is 0 Å². The van der Waals surface area contributed by atoms with E-state index < -0.39 is 0 Å². The van der Waals surface area contributed by atoms with Crippen molar-refractivity contribution in [3.8, 4) is 0 Å². The van der Waals surface area contributed by atoms with Gasteiger partial charge in [-0.05, 0) is 32.2 Å². The molecular formula is C12H27ClN2O. The fourth-order valence-corrected chi connectivity index (χ4v) is 1.24. The first-order valence-electron chi connectivity index (χ1n) is 5.79. The van der Waals surface area contributed by atoms with E-state index in [9.17, 15) is 4.79 Å². The molecule has 16 heavy (non-hydrogen) atoms. The van der Waals surface area contributed by atoms with Crippen molar-refractivity contribution in [3.63, 3.8) is 0 Å². The summed E-state index contributed by atoms with van der Waals surface area (Å²) < 4.78 is 0. The first-order chi connectivity index (χ1) is 6.85. The molecule has 1 unspecified atom stereocenters. The lowest BCUT2D eigenvalue weighted by Gasteiger charge is -2.17. The van der Waals surface area contributed by atoms with Crippen LogP contribution in [-0.2, 0) is 4.79 Å². The largest absolute Gasteiger partial charge is 0.355 e. The number of carbonyl (C=O) groups is 1. The molecular weight excluding hydrogens is 224 g/mol. The van der Waals surface area contributed by atoms with Crippen molar-refractivity contribution in [2.75, 3.05) is 13.6 Å². The summed E-state index contributed by atoms with van der Waals surface area (Å²) in [5.41, 5.74) is 0.332. The molecule has 0 aromatic rings. The summed E-state index contributed by atoms with van der Waals surface area (Å²) in [6.07, 6.45) is 2.72. The lowest BCUT2D eigenvalue weighted by atomic mass is 9.90. The van der Waals surface area contributed by atoms with Crippen LogP contribution in [0.25, 0.3) is 0 Å². The van der Waals surface area contributed by atoms with Crippen LogP contribution in [0.4, 0.5) is 0 Å². The second kappa shape index (κ2) is 8.82. The summed E-state index contributed by atoms with van der Waals surface area (Å²) in [4.78, 5) is 11.4. The third kappa shape index (κ3) is 11.8. The molecule has 1 atom stereocenters. The van der Waals surface area contributed by atoms with Crippen molar-refractivity contribution in [3.05, 3.63) is 0 Å². The number of hydrogen-bond acceptors (Lipinski definition) is 2. The van der Waals surface area contributed by atoms with E-state index in [-0.39, 0.29) is 18.3 Å². The second-order valence-electron chi connectivity index (χ2n) is 5.41. The number of halogens is 1. The summed E-state index contributed by atoms with van der Waals surface area (Å²) in [5, 5.41) is 6.00. The molecule has 0 fully saturated rings. The first-order valence-corrected chi connectivity index (χ1v) is 5.79. The van der Waals surface area contributed by atoms with E-state index in [1.807, 2.05) is 7.05 Å². The Hall–Kier alpha value is -0.280. The fourth-order valence-electron chi connectivity index (χ4n) is 1.24. The maximum absolute atomic E-state index is 11.4. The minimum Gasteiger partial charge on any atom is -0.355 e. The second-order valence-corrected chi connectivity index (χ2v) is 5.41. The Bertz CT molecular complexity index is 190. The highest BCUT2D eigenvalue weighted by molar-refractivity contribution is 5.85. The van der Waals surface area contributed by atoms with Gasteiger partial charge in [0, 0.05) is 19.0 Å². The summed E-state index contributed by atoms with van der Waals surface area (Å²) >= 11 is 0. The van der Waals surface area contributed by atoms with Crippen LogP contribution in [0.3, 0.4) is 0 Å². The average Bonchev–Trinajstić information content (AvgIpc) is 2.12. The maximum Gasteiger partial charge on any atom is 0.220 e. The average molecular weight is 251 g/mol. The predicted octanol–water partition coefficient (Wildman–Crippen LogP) is 2.35. The molecule has 2 N–H and O–H groups in total. The smallest absolute Gasteiger partial charge is 0.220 e. The number of amides is 1. The Morgan fingerprint density at radius 3 is 2.31 bits per heavy atom. The van der Waals surface area contributed by atoms with Crippen molar-refractivity contribution >= 4 is 18.3 Å². The molecule has 0 aliphatic carbocycles. The van der Waals surface area contributed by atoms with Gasteiger partial charge in [-0.2, -0.15) is 0 Å². The number of carbonyl (C=O) groups excluding carboxylic acids is 1. The van der Waals surface area contributed by atoms with E-state index in [2.05, 4.69) is 38.3 Å². The summed E-state index contributed by atoms with van der Waals surface area (Å²) in [6.45, 7) is 9.37. The van der Waals surface area contributed by atoms with Crippen molar-refractivity contribution in [2.24, 2.45) is 5.41 Å².